The van der Waals surface area contributed by atoms with Gasteiger partial charge in [-0.05, 0) is 19.1 Å². The van der Waals surface area contributed by atoms with E-state index in [9.17, 15) is 4.79 Å². The molecule has 5 nitrogen and oxygen atoms in total. The Morgan fingerprint density at radius 3 is 3.06 bits per heavy atom. The molecule has 1 amide bonds. The third kappa shape index (κ3) is 3.01. The van der Waals surface area contributed by atoms with Crippen molar-refractivity contribution in [1.82, 2.24) is 15.3 Å². The molecule has 0 saturated heterocycles. The van der Waals surface area contributed by atoms with Crippen LogP contribution < -0.4 is 11.1 Å². The number of nitrogen functional groups attached to an aromatic ring is 1. The quantitative estimate of drug-likeness (QED) is 0.859. The van der Waals surface area contributed by atoms with Gasteiger partial charge < -0.3 is 11.1 Å². The maximum atomic E-state index is 11.8. The molecule has 3 N–H and O–H groups in total. The molecular weight excluding hydrogens is 236 g/mol. The Hall–Kier alpha value is -1.95. The maximum Gasteiger partial charge on any atom is 0.251 e. The van der Waals surface area contributed by atoms with Crippen LogP contribution in [0.25, 0.3) is 0 Å². The molecule has 2 rings (SSSR count). The monoisotopic (exact) mass is 248 g/mol. The molecule has 0 aromatic carbocycles. The highest BCUT2D eigenvalue weighted by Gasteiger charge is 2.06. The molecule has 88 valence electrons. The third-order valence-electron chi connectivity index (χ3n) is 2.14. The molecule has 6 heteroatoms. The molecule has 0 spiro atoms. The number of rotatable bonds is 3. The fourth-order valence-electron chi connectivity index (χ4n) is 1.35. The predicted octanol–water partition coefficient (Wildman–Crippen LogP) is 1.36. The lowest BCUT2D eigenvalue weighted by Crippen LogP contribution is -2.23. The van der Waals surface area contributed by atoms with Crippen molar-refractivity contribution >= 4 is 23.1 Å². The lowest BCUT2D eigenvalue weighted by molar-refractivity contribution is 0.0950. The van der Waals surface area contributed by atoms with Crippen LogP contribution in [-0.4, -0.2) is 15.9 Å². The third-order valence-corrected chi connectivity index (χ3v) is 2.96. The highest BCUT2D eigenvalue weighted by atomic mass is 32.1. The van der Waals surface area contributed by atoms with E-state index in [2.05, 4.69) is 15.3 Å². The van der Waals surface area contributed by atoms with E-state index in [1.807, 2.05) is 12.3 Å². The zero-order valence-electron chi connectivity index (χ0n) is 9.30. The van der Waals surface area contributed by atoms with Gasteiger partial charge >= 0.3 is 0 Å². The van der Waals surface area contributed by atoms with Crippen molar-refractivity contribution in [2.45, 2.75) is 13.5 Å². The Balaban J connectivity index is 1.98. The van der Waals surface area contributed by atoms with Crippen LogP contribution in [0.5, 0.6) is 0 Å². The van der Waals surface area contributed by atoms with Crippen molar-refractivity contribution in [3.8, 4) is 0 Å². The molecular formula is C11H12N4OS. The number of hydrogen-bond donors (Lipinski definition) is 2. The van der Waals surface area contributed by atoms with E-state index in [0.717, 1.165) is 10.7 Å². The summed E-state index contributed by atoms with van der Waals surface area (Å²) in [7, 11) is 0. The summed E-state index contributed by atoms with van der Waals surface area (Å²) in [6.07, 6.45) is 1.51. The number of pyridine rings is 1. The van der Waals surface area contributed by atoms with Crippen LogP contribution in [0.4, 0.5) is 5.82 Å². The van der Waals surface area contributed by atoms with E-state index in [1.165, 1.54) is 6.20 Å². The molecule has 2 aromatic heterocycles. The van der Waals surface area contributed by atoms with Crippen LogP contribution in [0, 0.1) is 6.92 Å². The molecule has 0 bridgehead atoms. The van der Waals surface area contributed by atoms with Crippen molar-refractivity contribution < 1.29 is 4.79 Å². The zero-order chi connectivity index (χ0) is 12.3. The number of carbonyl (C=O) groups is 1. The second kappa shape index (κ2) is 4.92. The van der Waals surface area contributed by atoms with E-state index in [0.29, 0.717) is 17.9 Å². The van der Waals surface area contributed by atoms with Crippen molar-refractivity contribution in [2.24, 2.45) is 0 Å². The SMILES string of the molecule is Cc1nc(CNC(=O)c2ccnc(N)c2)cs1. The number of carbonyl (C=O) groups excluding carboxylic acids is 1. The van der Waals surface area contributed by atoms with Crippen molar-refractivity contribution in [3.05, 3.63) is 40.0 Å². The summed E-state index contributed by atoms with van der Waals surface area (Å²) in [6.45, 7) is 2.35. The van der Waals surface area contributed by atoms with Gasteiger partial charge in [0.25, 0.3) is 5.91 Å². The molecule has 0 unspecified atom stereocenters. The number of anilines is 1. The van der Waals surface area contributed by atoms with E-state index in [1.54, 1.807) is 23.5 Å². The van der Waals surface area contributed by atoms with Crippen molar-refractivity contribution in [1.29, 1.82) is 0 Å². The van der Waals surface area contributed by atoms with Gasteiger partial charge in [-0.3, -0.25) is 4.79 Å². The van der Waals surface area contributed by atoms with Crippen LogP contribution in [0.1, 0.15) is 21.1 Å². The smallest absolute Gasteiger partial charge is 0.251 e. The molecule has 0 atom stereocenters. The molecule has 0 aliphatic rings. The first-order valence-electron chi connectivity index (χ1n) is 5.06. The zero-order valence-corrected chi connectivity index (χ0v) is 10.1. The van der Waals surface area contributed by atoms with Crippen LogP contribution in [0.3, 0.4) is 0 Å². The average Bonchev–Trinajstić information content (AvgIpc) is 2.72. The van der Waals surface area contributed by atoms with Gasteiger partial charge in [-0.15, -0.1) is 11.3 Å². The molecule has 0 aliphatic heterocycles. The summed E-state index contributed by atoms with van der Waals surface area (Å²) in [4.78, 5) is 19.8. The van der Waals surface area contributed by atoms with Crippen LogP contribution in [0.2, 0.25) is 0 Å². The molecule has 2 heterocycles. The Labute approximate surface area is 103 Å². The summed E-state index contributed by atoms with van der Waals surface area (Å²) < 4.78 is 0. The van der Waals surface area contributed by atoms with Crippen molar-refractivity contribution in [2.75, 3.05) is 5.73 Å². The largest absolute Gasteiger partial charge is 0.384 e. The molecule has 17 heavy (non-hydrogen) atoms. The van der Waals surface area contributed by atoms with Gasteiger partial charge in [-0.25, -0.2) is 9.97 Å². The van der Waals surface area contributed by atoms with Gasteiger partial charge in [-0.1, -0.05) is 0 Å². The number of hydrogen-bond acceptors (Lipinski definition) is 5. The van der Waals surface area contributed by atoms with Crippen LogP contribution in [-0.2, 0) is 6.54 Å². The Morgan fingerprint density at radius 1 is 1.59 bits per heavy atom. The summed E-state index contributed by atoms with van der Waals surface area (Å²) in [5, 5.41) is 5.69. The first-order chi connectivity index (χ1) is 8.15. The molecule has 0 fully saturated rings. The first-order valence-corrected chi connectivity index (χ1v) is 5.94. The number of nitrogens with one attached hydrogen (secondary N) is 1. The predicted molar refractivity (Wildman–Crippen MR) is 66.7 cm³/mol. The van der Waals surface area contributed by atoms with Gasteiger partial charge in [-0.2, -0.15) is 0 Å². The summed E-state index contributed by atoms with van der Waals surface area (Å²) in [5.41, 5.74) is 6.87. The fourth-order valence-corrected chi connectivity index (χ4v) is 1.96. The normalized spacial score (nSPS) is 10.2. The van der Waals surface area contributed by atoms with E-state index in [4.69, 9.17) is 5.73 Å². The first kappa shape index (κ1) is 11.5. The van der Waals surface area contributed by atoms with Crippen LogP contribution in [0.15, 0.2) is 23.7 Å². The average molecular weight is 248 g/mol. The number of aromatic nitrogens is 2. The van der Waals surface area contributed by atoms with Gasteiger partial charge in [0, 0.05) is 17.1 Å². The molecule has 0 aliphatic carbocycles. The molecule has 0 saturated carbocycles. The van der Waals surface area contributed by atoms with Crippen molar-refractivity contribution in [3.63, 3.8) is 0 Å². The van der Waals surface area contributed by atoms with E-state index in [-0.39, 0.29) is 5.91 Å². The summed E-state index contributed by atoms with van der Waals surface area (Å²) >= 11 is 1.56. The number of nitrogens with zero attached hydrogens (tertiary/aromatic N) is 2. The van der Waals surface area contributed by atoms with Gasteiger partial charge in [0.2, 0.25) is 0 Å². The van der Waals surface area contributed by atoms with E-state index < -0.39 is 0 Å². The number of thiazole rings is 1. The number of nitrogens with two attached hydrogens (primary N) is 1. The highest BCUT2D eigenvalue weighted by molar-refractivity contribution is 7.09. The lowest BCUT2D eigenvalue weighted by Gasteiger charge is -2.03. The second-order valence-corrected chi connectivity index (χ2v) is 4.57. The van der Waals surface area contributed by atoms with Gasteiger partial charge in [0.15, 0.2) is 0 Å². The van der Waals surface area contributed by atoms with E-state index >= 15 is 0 Å². The topological polar surface area (TPSA) is 80.9 Å². The highest BCUT2D eigenvalue weighted by Crippen LogP contribution is 2.08. The number of amides is 1. The standard InChI is InChI=1S/C11H12N4OS/c1-7-15-9(6-17-7)5-14-11(16)8-2-3-13-10(12)4-8/h2-4,6H,5H2,1H3,(H2,12,13)(H,14,16). The minimum Gasteiger partial charge on any atom is -0.384 e. The van der Waals surface area contributed by atoms with Gasteiger partial charge in [0.1, 0.15) is 5.82 Å². The van der Waals surface area contributed by atoms with Crippen LogP contribution >= 0.6 is 11.3 Å². The molecule has 0 radical (unpaired) electrons. The maximum absolute atomic E-state index is 11.8. The Kier molecular flexibility index (Phi) is 3.34. The minimum absolute atomic E-state index is 0.176. The Morgan fingerprint density at radius 2 is 2.41 bits per heavy atom. The summed E-state index contributed by atoms with van der Waals surface area (Å²) in [5.74, 6) is 0.159. The fraction of sp³-hybridized carbons (Fsp3) is 0.182. The summed E-state index contributed by atoms with van der Waals surface area (Å²) in [6, 6.07) is 3.17. The minimum atomic E-state index is -0.176. The van der Waals surface area contributed by atoms with Gasteiger partial charge in [0.05, 0.1) is 17.2 Å². The Bertz CT molecular complexity index is 538. The lowest BCUT2D eigenvalue weighted by atomic mass is 10.2. The molecule has 2 aromatic rings. The number of aryl methyl sites for hydroxylation is 1. The second-order valence-electron chi connectivity index (χ2n) is 3.51.